The molecule has 2 rings (SSSR count). The Hall–Kier alpha value is -1.80. The third-order valence-electron chi connectivity index (χ3n) is 2.65. The van der Waals surface area contributed by atoms with E-state index in [1.54, 1.807) is 0 Å². The lowest BCUT2D eigenvalue weighted by Gasteiger charge is -2.14. The van der Waals surface area contributed by atoms with Gasteiger partial charge in [0.05, 0.1) is 11.8 Å². The molecule has 0 spiro atoms. The molecule has 0 saturated heterocycles. The lowest BCUT2D eigenvalue weighted by atomic mass is 10.1. The van der Waals surface area contributed by atoms with Gasteiger partial charge in [-0.2, -0.15) is 13.2 Å². The number of nitrogen functional groups attached to an aromatic ring is 1. The quantitative estimate of drug-likeness (QED) is 0.873. The summed E-state index contributed by atoms with van der Waals surface area (Å²) in [5.74, 6) is -0.600. The van der Waals surface area contributed by atoms with Gasteiger partial charge in [0.25, 0.3) is 5.91 Å². The molecule has 0 fully saturated rings. The maximum Gasteiger partial charge on any atom is 0.416 e. The smallest absolute Gasteiger partial charge is 0.375 e. The standard InChI is InChI=1S/C12H9ClF3N3OS/c1-5-7(12(14,15)16)2-6(3-8(5)13)19-10(20)9-4-18-11(17)21-9/h2-4H,1H3,(H2,17,18)(H,19,20). The van der Waals surface area contributed by atoms with Crippen LogP contribution < -0.4 is 11.1 Å². The maximum atomic E-state index is 12.9. The SMILES string of the molecule is Cc1c(Cl)cc(NC(=O)c2cnc(N)s2)cc1C(F)(F)F. The average molecular weight is 336 g/mol. The lowest BCUT2D eigenvalue weighted by molar-refractivity contribution is -0.138. The Kier molecular flexibility index (Phi) is 4.11. The monoisotopic (exact) mass is 335 g/mol. The number of nitrogens with zero attached hydrogens (tertiary/aromatic N) is 1. The topological polar surface area (TPSA) is 68.0 Å². The minimum absolute atomic E-state index is 0.0464. The second-order valence-electron chi connectivity index (χ2n) is 4.15. The number of hydrogen-bond donors (Lipinski definition) is 2. The molecule has 0 saturated carbocycles. The van der Waals surface area contributed by atoms with Gasteiger partial charge in [-0.25, -0.2) is 4.98 Å². The van der Waals surface area contributed by atoms with Crippen molar-refractivity contribution in [2.24, 2.45) is 0 Å². The Bertz CT molecular complexity index is 700. The number of carbonyl (C=O) groups is 1. The van der Waals surface area contributed by atoms with Crippen molar-refractivity contribution in [2.75, 3.05) is 11.1 Å². The molecule has 0 unspecified atom stereocenters. The van der Waals surface area contributed by atoms with Crippen LogP contribution in [0.15, 0.2) is 18.3 Å². The van der Waals surface area contributed by atoms with Gasteiger partial charge >= 0.3 is 6.18 Å². The number of thiazole rings is 1. The first-order valence-electron chi connectivity index (χ1n) is 5.58. The molecule has 0 aliphatic rings. The lowest BCUT2D eigenvalue weighted by Crippen LogP contribution is -2.13. The minimum atomic E-state index is -4.55. The van der Waals surface area contributed by atoms with Crippen LogP contribution in [0.3, 0.4) is 0 Å². The Morgan fingerprint density at radius 3 is 2.62 bits per heavy atom. The molecule has 2 aromatic rings. The van der Waals surface area contributed by atoms with Crippen LogP contribution in [-0.2, 0) is 6.18 Å². The molecule has 1 aromatic carbocycles. The number of benzene rings is 1. The second kappa shape index (κ2) is 5.53. The number of hydrogen-bond acceptors (Lipinski definition) is 4. The van der Waals surface area contributed by atoms with E-state index < -0.39 is 17.6 Å². The van der Waals surface area contributed by atoms with Gasteiger partial charge in [-0.3, -0.25) is 4.79 Å². The molecule has 0 aliphatic carbocycles. The molecule has 4 nitrogen and oxygen atoms in total. The first kappa shape index (κ1) is 15.6. The number of carbonyl (C=O) groups excluding carboxylic acids is 1. The predicted octanol–water partition coefficient (Wildman–Crippen LogP) is 3.96. The highest BCUT2D eigenvalue weighted by atomic mass is 35.5. The van der Waals surface area contributed by atoms with E-state index in [1.165, 1.54) is 19.2 Å². The van der Waals surface area contributed by atoms with Crippen molar-refractivity contribution in [3.63, 3.8) is 0 Å². The number of halogens is 4. The van der Waals surface area contributed by atoms with Crippen LogP contribution in [0.2, 0.25) is 5.02 Å². The largest absolute Gasteiger partial charge is 0.416 e. The fraction of sp³-hybridized carbons (Fsp3) is 0.167. The summed E-state index contributed by atoms with van der Waals surface area (Å²) in [5, 5.41) is 2.46. The highest BCUT2D eigenvalue weighted by Crippen LogP contribution is 2.37. The van der Waals surface area contributed by atoms with Gasteiger partial charge in [0.1, 0.15) is 4.88 Å². The first-order valence-corrected chi connectivity index (χ1v) is 6.78. The molecule has 1 aromatic heterocycles. The van der Waals surface area contributed by atoms with E-state index in [2.05, 4.69) is 10.3 Å². The summed E-state index contributed by atoms with van der Waals surface area (Å²) in [7, 11) is 0. The number of amides is 1. The molecule has 0 bridgehead atoms. The first-order chi connectivity index (χ1) is 9.68. The molecule has 0 atom stereocenters. The van der Waals surface area contributed by atoms with Crippen LogP contribution in [0.1, 0.15) is 20.8 Å². The zero-order valence-electron chi connectivity index (χ0n) is 10.6. The molecule has 0 radical (unpaired) electrons. The average Bonchev–Trinajstić information content (AvgIpc) is 2.79. The maximum absolute atomic E-state index is 12.9. The molecular formula is C12H9ClF3N3OS. The Morgan fingerprint density at radius 1 is 1.43 bits per heavy atom. The highest BCUT2D eigenvalue weighted by Gasteiger charge is 2.33. The molecule has 9 heteroatoms. The Morgan fingerprint density at radius 2 is 2.10 bits per heavy atom. The van der Waals surface area contributed by atoms with Gasteiger partial charge in [-0.15, -0.1) is 0 Å². The van der Waals surface area contributed by atoms with Crippen LogP contribution in [0.4, 0.5) is 24.0 Å². The fourth-order valence-corrected chi connectivity index (χ4v) is 2.43. The van der Waals surface area contributed by atoms with E-state index >= 15 is 0 Å². The van der Waals surface area contributed by atoms with Crippen LogP contribution in [0, 0.1) is 6.92 Å². The molecule has 112 valence electrons. The molecule has 3 N–H and O–H groups in total. The molecule has 1 amide bonds. The third-order valence-corrected chi connectivity index (χ3v) is 3.87. The summed E-state index contributed by atoms with van der Waals surface area (Å²) in [6, 6.07) is 2.10. The molecular weight excluding hydrogens is 327 g/mol. The molecule has 0 aliphatic heterocycles. The van der Waals surface area contributed by atoms with Crippen molar-refractivity contribution in [1.29, 1.82) is 0 Å². The summed E-state index contributed by atoms with van der Waals surface area (Å²) >= 11 is 6.71. The number of anilines is 2. The summed E-state index contributed by atoms with van der Waals surface area (Å²) in [6.07, 6.45) is -3.31. The van der Waals surface area contributed by atoms with Crippen LogP contribution in [0.25, 0.3) is 0 Å². The van der Waals surface area contributed by atoms with Gasteiger partial charge < -0.3 is 11.1 Å². The van der Waals surface area contributed by atoms with Crippen molar-refractivity contribution < 1.29 is 18.0 Å². The third kappa shape index (κ3) is 3.45. The highest BCUT2D eigenvalue weighted by molar-refractivity contribution is 7.17. The second-order valence-corrected chi connectivity index (χ2v) is 5.61. The Labute approximate surface area is 126 Å². The normalized spacial score (nSPS) is 11.5. The van der Waals surface area contributed by atoms with E-state index in [9.17, 15) is 18.0 Å². The molecule has 1 heterocycles. The number of aromatic nitrogens is 1. The number of rotatable bonds is 2. The summed E-state index contributed by atoms with van der Waals surface area (Å²) in [6.45, 7) is 1.26. The summed E-state index contributed by atoms with van der Waals surface area (Å²) < 4.78 is 38.6. The van der Waals surface area contributed by atoms with E-state index in [0.717, 1.165) is 17.4 Å². The van der Waals surface area contributed by atoms with Crippen molar-refractivity contribution >= 4 is 39.7 Å². The zero-order chi connectivity index (χ0) is 15.8. The molecule has 21 heavy (non-hydrogen) atoms. The number of nitrogens with two attached hydrogens (primary N) is 1. The van der Waals surface area contributed by atoms with Gasteiger partial charge in [-0.05, 0) is 24.6 Å². The van der Waals surface area contributed by atoms with Crippen LogP contribution in [0.5, 0.6) is 0 Å². The fourth-order valence-electron chi connectivity index (χ4n) is 1.63. The summed E-state index contributed by atoms with van der Waals surface area (Å²) in [4.78, 5) is 15.8. The van der Waals surface area contributed by atoms with Gasteiger partial charge in [0.15, 0.2) is 5.13 Å². The van der Waals surface area contributed by atoms with E-state index in [4.69, 9.17) is 17.3 Å². The minimum Gasteiger partial charge on any atom is -0.375 e. The van der Waals surface area contributed by atoms with Crippen LogP contribution in [-0.4, -0.2) is 10.9 Å². The van der Waals surface area contributed by atoms with Crippen molar-refractivity contribution in [1.82, 2.24) is 4.98 Å². The van der Waals surface area contributed by atoms with Gasteiger partial charge in [-0.1, -0.05) is 22.9 Å². The zero-order valence-corrected chi connectivity index (χ0v) is 12.2. The van der Waals surface area contributed by atoms with Crippen molar-refractivity contribution in [3.05, 3.63) is 39.4 Å². The number of alkyl halides is 3. The summed E-state index contributed by atoms with van der Waals surface area (Å²) in [5.41, 5.74) is 4.36. The van der Waals surface area contributed by atoms with Crippen molar-refractivity contribution in [3.8, 4) is 0 Å². The van der Waals surface area contributed by atoms with E-state index in [0.29, 0.717) is 0 Å². The van der Waals surface area contributed by atoms with Gasteiger partial charge in [0.2, 0.25) is 0 Å². The van der Waals surface area contributed by atoms with Gasteiger partial charge in [0, 0.05) is 10.7 Å². The Balaban J connectivity index is 2.33. The number of nitrogens with one attached hydrogen (secondary N) is 1. The van der Waals surface area contributed by atoms with Crippen molar-refractivity contribution in [2.45, 2.75) is 13.1 Å². The van der Waals surface area contributed by atoms with E-state index in [-0.39, 0.29) is 26.3 Å². The predicted molar refractivity (Wildman–Crippen MR) is 75.7 cm³/mol. The van der Waals surface area contributed by atoms with Crippen LogP contribution >= 0.6 is 22.9 Å². The van der Waals surface area contributed by atoms with E-state index in [1.807, 2.05) is 0 Å².